The van der Waals surface area contributed by atoms with E-state index in [0.717, 1.165) is 35.5 Å². The van der Waals surface area contributed by atoms with Crippen molar-refractivity contribution in [3.8, 4) is 11.5 Å². The summed E-state index contributed by atoms with van der Waals surface area (Å²) >= 11 is 2.80. The molecule has 0 saturated carbocycles. The van der Waals surface area contributed by atoms with Crippen LogP contribution in [-0.4, -0.2) is 54.8 Å². The third-order valence-electron chi connectivity index (χ3n) is 4.18. The molecule has 1 aliphatic rings. The minimum absolute atomic E-state index is 0.135. The Labute approximate surface area is 172 Å². The number of methoxy groups -OCH3 is 2. The van der Waals surface area contributed by atoms with Crippen molar-refractivity contribution in [2.45, 2.75) is 35.5 Å². The predicted octanol–water partition coefficient (Wildman–Crippen LogP) is 3.27. The van der Waals surface area contributed by atoms with Gasteiger partial charge in [-0.1, -0.05) is 23.1 Å². The Kier molecular flexibility index (Phi) is 7.35. The molecular formula is C18H24N4O4S2. The van der Waals surface area contributed by atoms with Crippen LogP contribution in [0.1, 0.15) is 19.8 Å². The topological polar surface area (TPSA) is 94.6 Å². The first-order chi connectivity index (χ1) is 13.6. The first-order valence-electron chi connectivity index (χ1n) is 8.97. The van der Waals surface area contributed by atoms with E-state index in [9.17, 15) is 4.79 Å². The summed E-state index contributed by atoms with van der Waals surface area (Å²) in [6, 6.07) is 5.24. The average Bonchev–Trinajstić information content (AvgIpc) is 3.37. The molecule has 2 heterocycles. The second-order valence-corrected chi connectivity index (χ2v) is 8.81. The zero-order chi connectivity index (χ0) is 19.9. The van der Waals surface area contributed by atoms with Crippen molar-refractivity contribution >= 4 is 39.8 Å². The fourth-order valence-corrected chi connectivity index (χ4v) is 4.57. The predicted molar refractivity (Wildman–Crippen MR) is 111 cm³/mol. The number of carbonyl (C=O) groups excluding carboxylic acids is 1. The highest BCUT2D eigenvalue weighted by atomic mass is 32.2. The number of amides is 1. The lowest BCUT2D eigenvalue weighted by atomic mass is 10.2. The highest BCUT2D eigenvalue weighted by Gasteiger charge is 2.19. The number of aromatic nitrogens is 2. The Hall–Kier alpha value is -2.04. The van der Waals surface area contributed by atoms with Crippen molar-refractivity contribution in [1.29, 1.82) is 0 Å². The minimum Gasteiger partial charge on any atom is -0.497 e. The lowest BCUT2D eigenvalue weighted by molar-refractivity contribution is -0.115. The van der Waals surface area contributed by atoms with Gasteiger partial charge in [0, 0.05) is 37.0 Å². The molecule has 2 aromatic rings. The number of hydrogen-bond donors (Lipinski definition) is 2. The van der Waals surface area contributed by atoms with Gasteiger partial charge in [0.15, 0.2) is 4.34 Å². The Bertz CT molecular complexity index is 773. The smallest absolute Gasteiger partial charge is 0.237 e. The average molecular weight is 425 g/mol. The van der Waals surface area contributed by atoms with E-state index < -0.39 is 0 Å². The van der Waals surface area contributed by atoms with E-state index in [-0.39, 0.29) is 17.3 Å². The standard InChI is InChI=1S/C18H24N4O4S2/c1-11(16(23)20-12-7-14(24-2)9-15(8-12)25-3)27-18-22-21-17(28-18)19-10-13-5-4-6-26-13/h7-9,11,13H,4-6,10H2,1-3H3,(H,19,21)(H,20,23)/t11-,13+/m1/s1. The summed E-state index contributed by atoms with van der Waals surface area (Å²) in [6.07, 6.45) is 2.42. The number of anilines is 2. The molecule has 1 aromatic carbocycles. The van der Waals surface area contributed by atoms with E-state index in [1.165, 1.54) is 23.1 Å². The van der Waals surface area contributed by atoms with Crippen LogP contribution in [0.4, 0.5) is 10.8 Å². The molecule has 2 atom stereocenters. The van der Waals surface area contributed by atoms with Crippen LogP contribution in [0, 0.1) is 0 Å². The number of carbonyl (C=O) groups is 1. The van der Waals surface area contributed by atoms with Gasteiger partial charge in [-0.3, -0.25) is 4.79 Å². The second-order valence-electron chi connectivity index (χ2n) is 6.24. The molecule has 0 unspecified atom stereocenters. The minimum atomic E-state index is -0.337. The molecule has 3 rings (SSSR count). The summed E-state index contributed by atoms with van der Waals surface area (Å²) in [7, 11) is 3.14. The molecule has 10 heteroatoms. The van der Waals surface area contributed by atoms with Crippen LogP contribution >= 0.6 is 23.1 Å². The lowest BCUT2D eigenvalue weighted by Gasteiger charge is -2.12. The van der Waals surface area contributed by atoms with Gasteiger partial charge in [-0.2, -0.15) is 0 Å². The van der Waals surface area contributed by atoms with Crippen LogP contribution in [0.3, 0.4) is 0 Å². The van der Waals surface area contributed by atoms with Gasteiger partial charge >= 0.3 is 0 Å². The number of nitrogens with one attached hydrogen (secondary N) is 2. The van der Waals surface area contributed by atoms with E-state index in [4.69, 9.17) is 14.2 Å². The zero-order valence-corrected chi connectivity index (χ0v) is 17.7. The summed E-state index contributed by atoms with van der Waals surface area (Å²) in [5.74, 6) is 1.09. The molecule has 0 radical (unpaired) electrons. The maximum Gasteiger partial charge on any atom is 0.237 e. The molecule has 0 spiro atoms. The first-order valence-corrected chi connectivity index (χ1v) is 10.7. The Morgan fingerprint density at radius 2 is 2.07 bits per heavy atom. The van der Waals surface area contributed by atoms with Crippen LogP contribution in [0.15, 0.2) is 22.5 Å². The Morgan fingerprint density at radius 3 is 2.71 bits per heavy atom. The SMILES string of the molecule is COc1cc(NC(=O)[C@@H](C)Sc2nnc(NC[C@@H]3CCCO3)s2)cc(OC)c1. The fourth-order valence-electron chi connectivity index (χ4n) is 2.66. The molecule has 1 amide bonds. The maximum atomic E-state index is 12.5. The number of ether oxygens (including phenoxy) is 3. The van der Waals surface area contributed by atoms with Crippen molar-refractivity contribution in [2.24, 2.45) is 0 Å². The number of thioether (sulfide) groups is 1. The van der Waals surface area contributed by atoms with Crippen molar-refractivity contribution in [3.63, 3.8) is 0 Å². The van der Waals surface area contributed by atoms with Crippen LogP contribution < -0.4 is 20.1 Å². The fraction of sp³-hybridized carbons (Fsp3) is 0.500. The summed E-state index contributed by atoms with van der Waals surface area (Å²) in [5.41, 5.74) is 0.616. The number of rotatable bonds is 9. The molecule has 1 aromatic heterocycles. The van der Waals surface area contributed by atoms with Crippen LogP contribution in [-0.2, 0) is 9.53 Å². The van der Waals surface area contributed by atoms with Gasteiger partial charge < -0.3 is 24.8 Å². The third kappa shape index (κ3) is 5.73. The lowest BCUT2D eigenvalue weighted by Crippen LogP contribution is -2.22. The highest BCUT2D eigenvalue weighted by Crippen LogP contribution is 2.31. The molecule has 0 aliphatic carbocycles. The Balaban J connectivity index is 1.52. The molecule has 2 N–H and O–H groups in total. The summed E-state index contributed by atoms with van der Waals surface area (Å²) < 4.78 is 16.8. The van der Waals surface area contributed by atoms with Crippen molar-refractivity contribution in [2.75, 3.05) is 38.0 Å². The molecule has 1 saturated heterocycles. The molecule has 0 bridgehead atoms. The van der Waals surface area contributed by atoms with Gasteiger partial charge in [-0.15, -0.1) is 10.2 Å². The van der Waals surface area contributed by atoms with Crippen LogP contribution in [0.25, 0.3) is 0 Å². The van der Waals surface area contributed by atoms with E-state index in [2.05, 4.69) is 20.8 Å². The van der Waals surface area contributed by atoms with Gasteiger partial charge in [0.05, 0.1) is 25.6 Å². The van der Waals surface area contributed by atoms with Crippen LogP contribution in [0.2, 0.25) is 0 Å². The van der Waals surface area contributed by atoms with E-state index in [1.54, 1.807) is 32.4 Å². The van der Waals surface area contributed by atoms with Gasteiger partial charge in [0.2, 0.25) is 11.0 Å². The third-order valence-corrected chi connectivity index (χ3v) is 6.24. The summed E-state index contributed by atoms with van der Waals surface area (Å²) in [6.45, 7) is 3.39. The first kappa shape index (κ1) is 20.7. The van der Waals surface area contributed by atoms with E-state index >= 15 is 0 Å². The number of hydrogen-bond acceptors (Lipinski definition) is 9. The second kappa shape index (κ2) is 9.94. The van der Waals surface area contributed by atoms with Gasteiger partial charge in [-0.05, 0) is 19.8 Å². The monoisotopic (exact) mass is 424 g/mol. The molecule has 1 aliphatic heterocycles. The van der Waals surface area contributed by atoms with Crippen molar-refractivity contribution < 1.29 is 19.0 Å². The summed E-state index contributed by atoms with van der Waals surface area (Å²) in [5, 5.41) is 14.8. The van der Waals surface area contributed by atoms with Gasteiger partial charge in [-0.25, -0.2) is 0 Å². The van der Waals surface area contributed by atoms with Gasteiger partial charge in [0.1, 0.15) is 11.5 Å². The van der Waals surface area contributed by atoms with Crippen molar-refractivity contribution in [3.05, 3.63) is 18.2 Å². The summed E-state index contributed by atoms with van der Waals surface area (Å²) in [4.78, 5) is 12.5. The molecule has 28 heavy (non-hydrogen) atoms. The molecule has 1 fully saturated rings. The molecule has 8 nitrogen and oxygen atoms in total. The van der Waals surface area contributed by atoms with Crippen LogP contribution in [0.5, 0.6) is 11.5 Å². The van der Waals surface area contributed by atoms with E-state index in [0.29, 0.717) is 17.2 Å². The van der Waals surface area contributed by atoms with Crippen molar-refractivity contribution in [1.82, 2.24) is 10.2 Å². The normalized spacial score (nSPS) is 17.2. The number of benzene rings is 1. The highest BCUT2D eigenvalue weighted by molar-refractivity contribution is 8.02. The largest absolute Gasteiger partial charge is 0.497 e. The maximum absolute atomic E-state index is 12.5. The molecule has 152 valence electrons. The molecular weight excluding hydrogens is 400 g/mol. The number of nitrogens with zero attached hydrogens (tertiary/aromatic N) is 2. The van der Waals surface area contributed by atoms with E-state index in [1.807, 2.05) is 6.92 Å². The van der Waals surface area contributed by atoms with Gasteiger partial charge in [0.25, 0.3) is 0 Å². The zero-order valence-electron chi connectivity index (χ0n) is 16.1. The Morgan fingerprint density at radius 1 is 1.32 bits per heavy atom. The quantitative estimate of drug-likeness (QED) is 0.593.